The molecule has 0 saturated carbocycles. The van der Waals surface area contributed by atoms with E-state index in [1.54, 1.807) is 23.6 Å². The van der Waals surface area contributed by atoms with Gasteiger partial charge < -0.3 is 0 Å². The first-order valence-corrected chi connectivity index (χ1v) is 10.7. The van der Waals surface area contributed by atoms with Gasteiger partial charge >= 0.3 is 0 Å². The molecule has 0 aliphatic carbocycles. The summed E-state index contributed by atoms with van der Waals surface area (Å²) in [5, 5.41) is 4.26. The Labute approximate surface area is 157 Å². The molecule has 0 unspecified atom stereocenters. The summed E-state index contributed by atoms with van der Waals surface area (Å²) in [4.78, 5) is 0.253. The number of hydrogen-bond acceptors (Lipinski definition) is 3. The van der Waals surface area contributed by atoms with E-state index in [2.05, 4.69) is 11.6 Å². The van der Waals surface area contributed by atoms with Crippen molar-refractivity contribution in [2.45, 2.75) is 24.7 Å². The summed E-state index contributed by atoms with van der Waals surface area (Å²) in [7, 11) is -3.64. The summed E-state index contributed by atoms with van der Waals surface area (Å²) in [5.41, 5.74) is 3.26. The Hall–Kier alpha value is -1.82. The van der Waals surface area contributed by atoms with E-state index in [9.17, 15) is 8.42 Å². The highest BCUT2D eigenvalue weighted by Crippen LogP contribution is 2.37. The second kappa shape index (κ2) is 7.60. The monoisotopic (exact) mass is 391 g/mol. The van der Waals surface area contributed by atoms with Gasteiger partial charge in [0.2, 0.25) is 0 Å². The third-order valence-electron chi connectivity index (χ3n) is 3.84. The van der Waals surface area contributed by atoms with E-state index in [0.717, 1.165) is 29.5 Å². The minimum Gasteiger partial charge on any atom is -0.278 e. The summed E-state index contributed by atoms with van der Waals surface area (Å²) < 4.78 is 28.1. The number of aryl methyl sites for hydroxylation is 1. The second-order valence-corrected chi connectivity index (χ2v) is 8.51. The molecule has 25 heavy (non-hydrogen) atoms. The number of sulfonamides is 1. The van der Waals surface area contributed by atoms with Gasteiger partial charge in [0, 0.05) is 26.9 Å². The number of rotatable bonds is 6. The maximum atomic E-state index is 12.7. The van der Waals surface area contributed by atoms with Crippen LogP contribution in [0.4, 0.5) is 5.69 Å². The highest BCUT2D eigenvalue weighted by atomic mass is 35.5. The Morgan fingerprint density at radius 2 is 1.72 bits per heavy atom. The fourth-order valence-electron chi connectivity index (χ4n) is 2.59. The molecular formula is C19H18ClNO2S2. The van der Waals surface area contributed by atoms with Crippen molar-refractivity contribution in [1.82, 2.24) is 0 Å². The molecule has 0 bridgehead atoms. The molecule has 3 aromatic rings. The topological polar surface area (TPSA) is 46.2 Å². The second-order valence-electron chi connectivity index (χ2n) is 5.68. The van der Waals surface area contributed by atoms with Gasteiger partial charge in [-0.25, -0.2) is 8.42 Å². The Morgan fingerprint density at radius 3 is 2.40 bits per heavy atom. The first-order chi connectivity index (χ1) is 12.0. The predicted molar refractivity (Wildman–Crippen MR) is 106 cm³/mol. The Morgan fingerprint density at radius 1 is 1.00 bits per heavy atom. The van der Waals surface area contributed by atoms with E-state index in [4.69, 9.17) is 11.6 Å². The highest BCUT2D eigenvalue weighted by molar-refractivity contribution is 7.92. The van der Waals surface area contributed by atoms with Crippen LogP contribution in [0.1, 0.15) is 18.9 Å². The van der Waals surface area contributed by atoms with Crippen LogP contribution >= 0.6 is 22.9 Å². The van der Waals surface area contributed by atoms with E-state index in [1.807, 2.05) is 35.7 Å². The maximum absolute atomic E-state index is 12.7. The molecule has 1 N–H and O–H groups in total. The van der Waals surface area contributed by atoms with Crippen LogP contribution < -0.4 is 4.72 Å². The van der Waals surface area contributed by atoms with Crippen molar-refractivity contribution in [1.29, 1.82) is 0 Å². The minimum absolute atomic E-state index is 0.253. The van der Waals surface area contributed by atoms with Gasteiger partial charge in [-0.1, -0.05) is 55.3 Å². The Kier molecular flexibility index (Phi) is 5.47. The predicted octanol–water partition coefficient (Wildman–Crippen LogP) is 5.82. The number of halogens is 1. The molecule has 0 aliphatic heterocycles. The van der Waals surface area contributed by atoms with Crippen molar-refractivity contribution in [3.63, 3.8) is 0 Å². The number of hydrogen-bond donors (Lipinski definition) is 1. The van der Waals surface area contributed by atoms with Gasteiger partial charge in [-0.15, -0.1) is 11.3 Å². The summed E-state index contributed by atoms with van der Waals surface area (Å²) >= 11 is 7.68. The molecule has 0 saturated heterocycles. The van der Waals surface area contributed by atoms with Crippen LogP contribution in [0, 0.1) is 0 Å². The van der Waals surface area contributed by atoms with Crippen molar-refractivity contribution in [2.75, 3.05) is 4.72 Å². The molecule has 1 aromatic heterocycles. The van der Waals surface area contributed by atoms with Crippen LogP contribution in [0.5, 0.6) is 0 Å². The van der Waals surface area contributed by atoms with Crippen LogP contribution in [0.2, 0.25) is 5.02 Å². The molecule has 6 heteroatoms. The van der Waals surface area contributed by atoms with Crippen molar-refractivity contribution in [3.05, 3.63) is 69.9 Å². The van der Waals surface area contributed by atoms with Crippen molar-refractivity contribution in [2.24, 2.45) is 0 Å². The zero-order valence-corrected chi connectivity index (χ0v) is 16.1. The molecule has 0 amide bonds. The molecular weight excluding hydrogens is 374 g/mol. The first-order valence-electron chi connectivity index (χ1n) is 7.94. The van der Waals surface area contributed by atoms with Crippen molar-refractivity contribution < 1.29 is 8.42 Å². The fraction of sp³-hybridized carbons (Fsp3) is 0.158. The van der Waals surface area contributed by atoms with Crippen LogP contribution in [-0.4, -0.2) is 8.42 Å². The third-order valence-corrected chi connectivity index (χ3v) is 6.30. The van der Waals surface area contributed by atoms with Gasteiger partial charge in [0.05, 0.1) is 10.6 Å². The minimum atomic E-state index is -3.64. The molecule has 0 radical (unpaired) electrons. The quantitative estimate of drug-likeness (QED) is 0.575. The summed E-state index contributed by atoms with van der Waals surface area (Å²) in [6.45, 7) is 2.10. The first kappa shape index (κ1) is 18.0. The van der Waals surface area contributed by atoms with Gasteiger partial charge in [0.1, 0.15) is 0 Å². The lowest BCUT2D eigenvalue weighted by Crippen LogP contribution is -2.13. The number of nitrogens with one attached hydrogen (secondary N) is 1. The van der Waals surface area contributed by atoms with Crippen LogP contribution in [0.3, 0.4) is 0 Å². The average molecular weight is 392 g/mol. The SMILES string of the molecule is CCCc1ccc(S(=O)(=O)Nc2cscc2-c2ccccc2Cl)cc1. The fourth-order valence-corrected chi connectivity index (χ4v) is 4.75. The summed E-state index contributed by atoms with van der Waals surface area (Å²) in [6.07, 6.45) is 1.97. The zero-order valence-electron chi connectivity index (χ0n) is 13.7. The van der Waals surface area contributed by atoms with Crippen molar-refractivity contribution >= 4 is 38.6 Å². The molecule has 0 fully saturated rings. The van der Waals surface area contributed by atoms with Gasteiger partial charge in [0.25, 0.3) is 10.0 Å². The largest absolute Gasteiger partial charge is 0.278 e. The lowest BCUT2D eigenvalue weighted by molar-refractivity contribution is 0.601. The molecule has 2 aromatic carbocycles. The molecule has 1 heterocycles. The van der Waals surface area contributed by atoms with Crippen molar-refractivity contribution in [3.8, 4) is 11.1 Å². The lowest BCUT2D eigenvalue weighted by Gasteiger charge is -2.11. The normalized spacial score (nSPS) is 11.4. The summed E-state index contributed by atoms with van der Waals surface area (Å²) in [5.74, 6) is 0. The van der Waals surface area contributed by atoms with Crippen LogP contribution in [0.15, 0.2) is 64.2 Å². The third kappa shape index (κ3) is 4.06. The van der Waals surface area contributed by atoms with E-state index in [1.165, 1.54) is 11.3 Å². The van der Waals surface area contributed by atoms with Gasteiger partial charge in [0.15, 0.2) is 0 Å². The van der Waals surface area contributed by atoms with Crippen LogP contribution in [-0.2, 0) is 16.4 Å². The van der Waals surface area contributed by atoms with E-state index < -0.39 is 10.0 Å². The average Bonchev–Trinajstić information content (AvgIpc) is 3.03. The van der Waals surface area contributed by atoms with Crippen LogP contribution in [0.25, 0.3) is 11.1 Å². The smallest absolute Gasteiger partial charge is 0.261 e. The number of thiophene rings is 1. The Balaban J connectivity index is 1.90. The van der Waals surface area contributed by atoms with Gasteiger partial charge in [-0.3, -0.25) is 4.72 Å². The van der Waals surface area contributed by atoms with Gasteiger partial charge in [-0.05, 0) is 30.2 Å². The molecule has 3 rings (SSSR count). The van der Waals surface area contributed by atoms with E-state index >= 15 is 0 Å². The zero-order chi connectivity index (χ0) is 17.9. The molecule has 0 aliphatic rings. The molecule has 0 spiro atoms. The van der Waals surface area contributed by atoms with E-state index in [-0.39, 0.29) is 4.90 Å². The molecule has 3 nitrogen and oxygen atoms in total. The number of benzene rings is 2. The van der Waals surface area contributed by atoms with Gasteiger partial charge in [-0.2, -0.15) is 0 Å². The van der Waals surface area contributed by atoms with E-state index in [0.29, 0.717) is 10.7 Å². The Bertz CT molecular complexity index is 963. The number of anilines is 1. The molecule has 0 atom stereocenters. The highest BCUT2D eigenvalue weighted by Gasteiger charge is 2.18. The maximum Gasteiger partial charge on any atom is 0.261 e. The lowest BCUT2D eigenvalue weighted by atomic mass is 10.1. The molecule has 130 valence electrons. The standard InChI is InChI=1S/C19H18ClNO2S2/c1-2-5-14-8-10-15(11-9-14)25(22,23)21-19-13-24-12-17(19)16-6-3-4-7-18(16)20/h3-4,6-13,21H,2,5H2,1H3. The summed E-state index contributed by atoms with van der Waals surface area (Å²) in [6, 6.07) is 14.4.